The van der Waals surface area contributed by atoms with E-state index in [0.717, 1.165) is 32.1 Å². The normalized spacial score (nSPS) is 17.9. The number of amides is 1. The Labute approximate surface area is 111 Å². The highest BCUT2D eigenvalue weighted by Gasteiger charge is 2.28. The van der Waals surface area contributed by atoms with Crippen molar-refractivity contribution in [2.75, 3.05) is 0 Å². The molecule has 1 aliphatic rings. The van der Waals surface area contributed by atoms with Gasteiger partial charge in [0.2, 0.25) is 5.91 Å². The average Bonchev–Trinajstić information content (AvgIpc) is 2.82. The van der Waals surface area contributed by atoms with Gasteiger partial charge in [-0.2, -0.15) is 5.10 Å². The summed E-state index contributed by atoms with van der Waals surface area (Å²) in [5.74, 6) is -1.26. The summed E-state index contributed by atoms with van der Waals surface area (Å²) in [6, 6.07) is -1.01. The smallest absolute Gasteiger partial charge is 0.331 e. The van der Waals surface area contributed by atoms with Crippen LogP contribution in [0.4, 0.5) is 0 Å². The highest BCUT2D eigenvalue weighted by Crippen LogP contribution is 2.24. The van der Waals surface area contributed by atoms with E-state index < -0.39 is 12.0 Å². The molecule has 1 atom stereocenters. The number of carbonyl (C=O) groups is 2. The topological polar surface area (TPSA) is 84.2 Å². The van der Waals surface area contributed by atoms with Gasteiger partial charge in [-0.1, -0.05) is 19.3 Å². The van der Waals surface area contributed by atoms with Gasteiger partial charge in [0.05, 0.1) is 6.20 Å². The van der Waals surface area contributed by atoms with Crippen molar-refractivity contribution in [3.05, 3.63) is 18.0 Å². The Bertz CT molecular complexity index is 463. The number of aryl methyl sites for hydroxylation is 1. The summed E-state index contributed by atoms with van der Waals surface area (Å²) in [6.45, 7) is 0. The van der Waals surface area contributed by atoms with Gasteiger partial charge in [-0.15, -0.1) is 0 Å². The molecule has 1 saturated carbocycles. The quantitative estimate of drug-likeness (QED) is 0.858. The number of nitrogens with zero attached hydrogens (tertiary/aromatic N) is 2. The van der Waals surface area contributed by atoms with E-state index in [9.17, 15) is 14.7 Å². The first kappa shape index (κ1) is 13.6. The fraction of sp³-hybridized carbons (Fsp3) is 0.615. The molecule has 19 heavy (non-hydrogen) atoms. The maximum Gasteiger partial charge on any atom is 0.331 e. The lowest BCUT2D eigenvalue weighted by Crippen LogP contribution is -2.38. The van der Waals surface area contributed by atoms with Gasteiger partial charge in [0.25, 0.3) is 0 Å². The summed E-state index contributed by atoms with van der Waals surface area (Å²) in [6.07, 6.45) is 8.04. The van der Waals surface area contributed by atoms with E-state index >= 15 is 0 Å². The van der Waals surface area contributed by atoms with Crippen molar-refractivity contribution in [1.29, 1.82) is 0 Å². The minimum atomic E-state index is -1.06. The van der Waals surface area contributed by atoms with Crippen molar-refractivity contribution >= 4 is 11.9 Å². The number of aromatic nitrogens is 2. The SMILES string of the molecule is Cn1cc(C(NC(=O)C2CCCCC2)C(=O)O)cn1. The van der Waals surface area contributed by atoms with Gasteiger partial charge in [-0.05, 0) is 12.8 Å². The Morgan fingerprint density at radius 2 is 2.11 bits per heavy atom. The Kier molecular flexibility index (Phi) is 4.19. The van der Waals surface area contributed by atoms with E-state index in [1.54, 1.807) is 13.2 Å². The molecule has 0 bridgehead atoms. The number of hydrogen-bond donors (Lipinski definition) is 2. The number of rotatable bonds is 4. The van der Waals surface area contributed by atoms with E-state index in [4.69, 9.17) is 0 Å². The maximum atomic E-state index is 12.1. The number of carbonyl (C=O) groups excluding carboxylic acids is 1. The van der Waals surface area contributed by atoms with Crippen LogP contribution in [-0.2, 0) is 16.6 Å². The van der Waals surface area contributed by atoms with Crippen molar-refractivity contribution in [2.24, 2.45) is 13.0 Å². The molecule has 104 valence electrons. The van der Waals surface area contributed by atoms with E-state index in [0.29, 0.717) is 5.56 Å². The lowest BCUT2D eigenvalue weighted by atomic mass is 9.88. The second kappa shape index (κ2) is 5.86. The Morgan fingerprint density at radius 1 is 1.42 bits per heavy atom. The third-order valence-corrected chi connectivity index (χ3v) is 3.57. The molecule has 0 spiro atoms. The summed E-state index contributed by atoms with van der Waals surface area (Å²) in [7, 11) is 1.71. The molecule has 1 heterocycles. The van der Waals surface area contributed by atoms with Crippen LogP contribution in [0, 0.1) is 5.92 Å². The summed E-state index contributed by atoms with van der Waals surface area (Å²) in [5.41, 5.74) is 0.499. The largest absolute Gasteiger partial charge is 0.479 e. The number of nitrogens with one attached hydrogen (secondary N) is 1. The number of carboxylic acid groups (broad SMARTS) is 1. The number of carboxylic acids is 1. The molecule has 0 aliphatic heterocycles. The van der Waals surface area contributed by atoms with Gasteiger partial charge >= 0.3 is 5.97 Å². The molecule has 2 N–H and O–H groups in total. The first-order valence-corrected chi connectivity index (χ1v) is 6.59. The van der Waals surface area contributed by atoms with Gasteiger partial charge in [-0.25, -0.2) is 4.79 Å². The molecule has 0 aromatic carbocycles. The third kappa shape index (κ3) is 3.33. The predicted molar refractivity (Wildman–Crippen MR) is 68.3 cm³/mol. The van der Waals surface area contributed by atoms with E-state index in [-0.39, 0.29) is 11.8 Å². The van der Waals surface area contributed by atoms with Crippen molar-refractivity contribution in [1.82, 2.24) is 15.1 Å². The standard InChI is InChI=1S/C13H19N3O3/c1-16-8-10(7-14-16)11(13(18)19)15-12(17)9-5-3-2-4-6-9/h7-9,11H,2-6H2,1H3,(H,15,17)(H,18,19). The van der Waals surface area contributed by atoms with Crippen LogP contribution < -0.4 is 5.32 Å². The van der Waals surface area contributed by atoms with Crippen molar-refractivity contribution in [2.45, 2.75) is 38.1 Å². The maximum absolute atomic E-state index is 12.1. The van der Waals surface area contributed by atoms with Crippen LogP contribution in [0.2, 0.25) is 0 Å². The lowest BCUT2D eigenvalue weighted by molar-refractivity contribution is -0.142. The van der Waals surface area contributed by atoms with E-state index in [1.165, 1.54) is 10.9 Å². The fourth-order valence-electron chi connectivity index (χ4n) is 2.50. The monoisotopic (exact) mass is 265 g/mol. The summed E-state index contributed by atoms with van der Waals surface area (Å²) in [5, 5.41) is 15.8. The van der Waals surface area contributed by atoms with E-state index in [1.807, 2.05) is 0 Å². The van der Waals surface area contributed by atoms with Crippen LogP contribution >= 0.6 is 0 Å². The van der Waals surface area contributed by atoms with Crippen molar-refractivity contribution in [3.8, 4) is 0 Å². The van der Waals surface area contributed by atoms with Gasteiger partial charge in [0, 0.05) is 24.7 Å². The predicted octanol–water partition coefficient (Wildman–Crippen LogP) is 1.24. The molecule has 0 radical (unpaired) electrons. The first-order valence-electron chi connectivity index (χ1n) is 6.59. The van der Waals surface area contributed by atoms with Crippen molar-refractivity contribution < 1.29 is 14.7 Å². The molecule has 1 aliphatic carbocycles. The molecule has 6 nitrogen and oxygen atoms in total. The van der Waals surface area contributed by atoms with Crippen LogP contribution in [-0.4, -0.2) is 26.8 Å². The Hall–Kier alpha value is -1.85. The highest BCUT2D eigenvalue weighted by molar-refractivity contribution is 5.85. The molecule has 1 aromatic heterocycles. The number of hydrogen-bond acceptors (Lipinski definition) is 3. The van der Waals surface area contributed by atoms with Crippen LogP contribution in [0.15, 0.2) is 12.4 Å². The van der Waals surface area contributed by atoms with Gasteiger partial charge in [-0.3, -0.25) is 9.48 Å². The number of aliphatic carboxylic acids is 1. The van der Waals surface area contributed by atoms with Crippen LogP contribution in [0.5, 0.6) is 0 Å². The van der Waals surface area contributed by atoms with Gasteiger partial charge in [0.15, 0.2) is 6.04 Å². The second-order valence-corrected chi connectivity index (χ2v) is 5.06. The first-order chi connectivity index (χ1) is 9.08. The zero-order valence-corrected chi connectivity index (χ0v) is 11.0. The zero-order chi connectivity index (χ0) is 13.8. The van der Waals surface area contributed by atoms with E-state index in [2.05, 4.69) is 10.4 Å². The summed E-state index contributed by atoms with van der Waals surface area (Å²) in [4.78, 5) is 23.4. The zero-order valence-electron chi connectivity index (χ0n) is 11.0. The van der Waals surface area contributed by atoms with Crippen molar-refractivity contribution in [3.63, 3.8) is 0 Å². The third-order valence-electron chi connectivity index (χ3n) is 3.57. The summed E-state index contributed by atoms with van der Waals surface area (Å²) < 4.78 is 1.53. The molecule has 1 fully saturated rings. The molecule has 1 unspecified atom stereocenters. The highest BCUT2D eigenvalue weighted by atomic mass is 16.4. The Morgan fingerprint density at radius 3 is 2.63 bits per heavy atom. The minimum Gasteiger partial charge on any atom is -0.479 e. The fourth-order valence-corrected chi connectivity index (χ4v) is 2.50. The molecule has 2 rings (SSSR count). The molecular formula is C13H19N3O3. The second-order valence-electron chi connectivity index (χ2n) is 5.06. The molecular weight excluding hydrogens is 246 g/mol. The summed E-state index contributed by atoms with van der Waals surface area (Å²) >= 11 is 0. The lowest BCUT2D eigenvalue weighted by Gasteiger charge is -2.22. The van der Waals surface area contributed by atoms with Gasteiger partial charge in [0.1, 0.15) is 0 Å². The Balaban J connectivity index is 2.04. The average molecular weight is 265 g/mol. The molecule has 1 aromatic rings. The van der Waals surface area contributed by atoms with Crippen LogP contribution in [0.1, 0.15) is 43.7 Å². The minimum absolute atomic E-state index is 0.0488. The van der Waals surface area contributed by atoms with Crippen LogP contribution in [0.3, 0.4) is 0 Å². The molecule has 6 heteroatoms. The molecule has 0 saturated heterocycles. The van der Waals surface area contributed by atoms with Crippen LogP contribution in [0.25, 0.3) is 0 Å². The molecule has 1 amide bonds. The van der Waals surface area contributed by atoms with Gasteiger partial charge < -0.3 is 10.4 Å².